The van der Waals surface area contributed by atoms with E-state index in [0.717, 1.165) is 24.3 Å². The van der Waals surface area contributed by atoms with E-state index in [1.807, 2.05) is 0 Å². The van der Waals surface area contributed by atoms with E-state index >= 15 is 0 Å². The van der Waals surface area contributed by atoms with E-state index in [-0.39, 0.29) is 0 Å². The van der Waals surface area contributed by atoms with Gasteiger partial charge < -0.3 is 10.2 Å². The van der Waals surface area contributed by atoms with Crippen LogP contribution in [0.1, 0.15) is 17.9 Å². The molecule has 3 heteroatoms. The van der Waals surface area contributed by atoms with Gasteiger partial charge in [0, 0.05) is 6.42 Å². The standard InChI is InChI=1S/C6H8N2O/c7-6-8-4-2-1-3-5(4)9-6/h1-3H2,(H2,7,8). The topological polar surface area (TPSA) is 52.0 Å². The van der Waals surface area contributed by atoms with Gasteiger partial charge in [0.05, 0.1) is 5.69 Å². The van der Waals surface area contributed by atoms with Crippen LogP contribution in [0.4, 0.5) is 6.01 Å². The predicted octanol–water partition coefficient (Wildman–Crippen LogP) is 0.746. The lowest BCUT2D eigenvalue weighted by molar-refractivity contribution is 0.527. The Balaban J connectivity index is 2.51. The van der Waals surface area contributed by atoms with Gasteiger partial charge in [0.25, 0.3) is 6.01 Å². The molecule has 48 valence electrons. The summed E-state index contributed by atoms with van der Waals surface area (Å²) in [5.41, 5.74) is 6.37. The molecule has 3 nitrogen and oxygen atoms in total. The van der Waals surface area contributed by atoms with Crippen LogP contribution in [0.15, 0.2) is 4.42 Å². The monoisotopic (exact) mass is 124 g/mol. The number of nitrogens with two attached hydrogens (primary N) is 1. The Bertz CT molecular complexity index is 207. The zero-order valence-corrected chi connectivity index (χ0v) is 5.05. The zero-order chi connectivity index (χ0) is 6.27. The first-order valence-electron chi connectivity index (χ1n) is 3.10. The van der Waals surface area contributed by atoms with E-state index in [1.54, 1.807) is 0 Å². The molecule has 1 heterocycles. The highest BCUT2D eigenvalue weighted by molar-refractivity contribution is 5.23. The number of hydrogen-bond donors (Lipinski definition) is 1. The van der Waals surface area contributed by atoms with Crippen LogP contribution in [0.5, 0.6) is 0 Å². The first-order chi connectivity index (χ1) is 4.36. The van der Waals surface area contributed by atoms with Crippen LogP contribution in [0.3, 0.4) is 0 Å². The molecule has 0 aliphatic heterocycles. The lowest BCUT2D eigenvalue weighted by atomic mass is 10.4. The molecule has 0 spiro atoms. The van der Waals surface area contributed by atoms with E-state index in [1.165, 1.54) is 6.42 Å². The van der Waals surface area contributed by atoms with Crippen LogP contribution in [0.25, 0.3) is 0 Å². The normalized spacial score (nSPS) is 16.0. The molecule has 0 fully saturated rings. The van der Waals surface area contributed by atoms with Gasteiger partial charge in [-0.25, -0.2) is 0 Å². The fourth-order valence-electron chi connectivity index (χ4n) is 1.21. The summed E-state index contributed by atoms with van der Waals surface area (Å²) in [6, 6.07) is 0.319. The number of nitrogen functional groups attached to an aromatic ring is 1. The summed E-state index contributed by atoms with van der Waals surface area (Å²) in [4.78, 5) is 4.00. The van der Waals surface area contributed by atoms with Crippen LogP contribution in [-0.2, 0) is 12.8 Å². The van der Waals surface area contributed by atoms with Crippen LogP contribution in [-0.4, -0.2) is 4.98 Å². The average molecular weight is 124 g/mol. The highest BCUT2D eigenvalue weighted by Crippen LogP contribution is 2.22. The summed E-state index contributed by atoms with van der Waals surface area (Å²) < 4.78 is 5.09. The maximum absolute atomic E-state index is 5.31. The summed E-state index contributed by atoms with van der Waals surface area (Å²) in [6.07, 6.45) is 3.22. The van der Waals surface area contributed by atoms with E-state index in [0.29, 0.717) is 6.01 Å². The van der Waals surface area contributed by atoms with Crippen LogP contribution < -0.4 is 5.73 Å². The lowest BCUT2D eigenvalue weighted by Gasteiger charge is -1.81. The molecule has 1 aliphatic rings. The molecule has 0 aromatic carbocycles. The molecule has 0 unspecified atom stereocenters. The molecule has 0 atom stereocenters. The number of anilines is 1. The molecule has 2 N–H and O–H groups in total. The number of hydrogen-bond acceptors (Lipinski definition) is 3. The van der Waals surface area contributed by atoms with Crippen molar-refractivity contribution in [1.82, 2.24) is 4.98 Å². The van der Waals surface area contributed by atoms with Gasteiger partial charge in [-0.1, -0.05) is 0 Å². The SMILES string of the molecule is Nc1nc2c(o1)CCC2. The third-order valence-corrected chi connectivity index (χ3v) is 1.61. The molecule has 2 rings (SSSR count). The molecule has 1 aliphatic carbocycles. The zero-order valence-electron chi connectivity index (χ0n) is 5.05. The third kappa shape index (κ3) is 0.608. The number of nitrogens with zero attached hydrogens (tertiary/aromatic N) is 1. The maximum Gasteiger partial charge on any atom is 0.292 e. The summed E-state index contributed by atoms with van der Waals surface area (Å²) in [5, 5.41) is 0. The molecule has 0 saturated carbocycles. The van der Waals surface area contributed by atoms with Crippen molar-refractivity contribution in [2.45, 2.75) is 19.3 Å². The number of aromatic nitrogens is 1. The van der Waals surface area contributed by atoms with Crippen molar-refractivity contribution < 1.29 is 4.42 Å². The second-order valence-corrected chi connectivity index (χ2v) is 2.28. The Morgan fingerprint density at radius 2 is 2.33 bits per heavy atom. The summed E-state index contributed by atoms with van der Waals surface area (Å²) in [5.74, 6) is 0.993. The van der Waals surface area contributed by atoms with Gasteiger partial charge in [0.2, 0.25) is 0 Å². The number of rotatable bonds is 0. The van der Waals surface area contributed by atoms with Crippen molar-refractivity contribution in [3.8, 4) is 0 Å². The smallest absolute Gasteiger partial charge is 0.292 e. The lowest BCUT2D eigenvalue weighted by Crippen LogP contribution is -1.84. The largest absolute Gasteiger partial charge is 0.429 e. The van der Waals surface area contributed by atoms with Crippen molar-refractivity contribution in [1.29, 1.82) is 0 Å². The molecular weight excluding hydrogens is 116 g/mol. The van der Waals surface area contributed by atoms with E-state index in [9.17, 15) is 0 Å². The van der Waals surface area contributed by atoms with Gasteiger partial charge in [0.1, 0.15) is 5.76 Å². The molecule has 0 bridgehead atoms. The molecule has 0 radical (unpaired) electrons. The summed E-state index contributed by atoms with van der Waals surface area (Å²) in [7, 11) is 0. The Labute approximate surface area is 52.9 Å². The molecule has 1 aromatic heterocycles. The van der Waals surface area contributed by atoms with Crippen LogP contribution in [0.2, 0.25) is 0 Å². The van der Waals surface area contributed by atoms with Crippen LogP contribution in [0, 0.1) is 0 Å². The van der Waals surface area contributed by atoms with Gasteiger partial charge in [-0.2, -0.15) is 4.98 Å². The number of aryl methyl sites for hydroxylation is 2. The Kier molecular flexibility index (Phi) is 0.806. The van der Waals surface area contributed by atoms with Crippen LogP contribution >= 0.6 is 0 Å². The molecule has 0 saturated heterocycles. The van der Waals surface area contributed by atoms with Gasteiger partial charge in [0.15, 0.2) is 0 Å². The molecular formula is C6H8N2O. The highest BCUT2D eigenvalue weighted by Gasteiger charge is 2.16. The Morgan fingerprint density at radius 3 is 3.11 bits per heavy atom. The van der Waals surface area contributed by atoms with Gasteiger partial charge >= 0.3 is 0 Å². The molecule has 1 aromatic rings. The highest BCUT2D eigenvalue weighted by atomic mass is 16.4. The van der Waals surface area contributed by atoms with Crippen molar-refractivity contribution in [3.05, 3.63) is 11.5 Å². The van der Waals surface area contributed by atoms with Gasteiger partial charge in [-0.3, -0.25) is 0 Å². The predicted molar refractivity (Wildman–Crippen MR) is 32.9 cm³/mol. The second kappa shape index (κ2) is 1.50. The van der Waals surface area contributed by atoms with Crippen molar-refractivity contribution in [2.75, 3.05) is 5.73 Å². The summed E-state index contributed by atoms with van der Waals surface area (Å²) >= 11 is 0. The minimum absolute atomic E-state index is 0.319. The third-order valence-electron chi connectivity index (χ3n) is 1.61. The van der Waals surface area contributed by atoms with Gasteiger partial charge in [-0.05, 0) is 12.8 Å². The first kappa shape index (κ1) is 4.85. The van der Waals surface area contributed by atoms with Crippen molar-refractivity contribution in [3.63, 3.8) is 0 Å². The Hall–Kier alpha value is -0.990. The fourth-order valence-corrected chi connectivity index (χ4v) is 1.21. The molecule has 0 amide bonds. The second-order valence-electron chi connectivity index (χ2n) is 2.28. The van der Waals surface area contributed by atoms with E-state index < -0.39 is 0 Å². The quantitative estimate of drug-likeness (QED) is 0.555. The maximum atomic E-state index is 5.31. The van der Waals surface area contributed by atoms with Gasteiger partial charge in [-0.15, -0.1) is 0 Å². The minimum Gasteiger partial charge on any atom is -0.429 e. The molecule has 9 heavy (non-hydrogen) atoms. The number of fused-ring (bicyclic) bond motifs is 1. The minimum atomic E-state index is 0.319. The fraction of sp³-hybridized carbons (Fsp3) is 0.500. The number of oxazole rings is 1. The van der Waals surface area contributed by atoms with Crippen molar-refractivity contribution >= 4 is 6.01 Å². The van der Waals surface area contributed by atoms with E-state index in [2.05, 4.69) is 4.98 Å². The Morgan fingerprint density at radius 1 is 1.44 bits per heavy atom. The summed E-state index contributed by atoms with van der Waals surface area (Å²) in [6.45, 7) is 0. The van der Waals surface area contributed by atoms with E-state index in [4.69, 9.17) is 10.2 Å². The first-order valence-corrected chi connectivity index (χ1v) is 3.10. The average Bonchev–Trinajstić information content (AvgIpc) is 2.22. The van der Waals surface area contributed by atoms with Crippen molar-refractivity contribution in [2.24, 2.45) is 0 Å².